The molecule has 1 heterocycles. The third kappa shape index (κ3) is 2.06. The molecule has 0 radical (unpaired) electrons. The van der Waals surface area contributed by atoms with Gasteiger partial charge in [0.1, 0.15) is 0 Å². The maximum Gasteiger partial charge on any atom is 0.227 e. The van der Waals surface area contributed by atoms with Crippen molar-refractivity contribution in [2.24, 2.45) is 17.8 Å². The highest BCUT2D eigenvalue weighted by Crippen LogP contribution is 2.48. The number of aromatic nitrogens is 1. The molecule has 4 heteroatoms. The SMILES string of the molecule is Nc1ccc(NC(=O)C2CC3CCC2C3)c2cccnc12. The lowest BCUT2D eigenvalue weighted by atomic mass is 9.88. The highest BCUT2D eigenvalue weighted by molar-refractivity contribution is 6.05. The van der Waals surface area contributed by atoms with E-state index in [0.717, 1.165) is 28.9 Å². The Kier molecular flexibility index (Phi) is 2.84. The lowest BCUT2D eigenvalue weighted by Crippen LogP contribution is -2.27. The van der Waals surface area contributed by atoms with E-state index in [-0.39, 0.29) is 11.8 Å². The minimum Gasteiger partial charge on any atom is -0.397 e. The zero-order chi connectivity index (χ0) is 14.4. The molecule has 0 saturated heterocycles. The summed E-state index contributed by atoms with van der Waals surface area (Å²) in [7, 11) is 0. The molecule has 108 valence electrons. The third-order valence-electron chi connectivity index (χ3n) is 5.13. The molecule has 0 aliphatic heterocycles. The maximum atomic E-state index is 12.6. The van der Waals surface area contributed by atoms with Gasteiger partial charge in [-0.15, -0.1) is 0 Å². The van der Waals surface area contributed by atoms with E-state index in [0.29, 0.717) is 11.6 Å². The summed E-state index contributed by atoms with van der Waals surface area (Å²) in [5, 5.41) is 4.02. The van der Waals surface area contributed by atoms with Crippen molar-refractivity contribution in [3.05, 3.63) is 30.5 Å². The Balaban J connectivity index is 1.63. The first-order chi connectivity index (χ1) is 10.2. The van der Waals surface area contributed by atoms with Crippen LogP contribution in [0.1, 0.15) is 25.7 Å². The van der Waals surface area contributed by atoms with Crippen LogP contribution in [0.4, 0.5) is 11.4 Å². The topological polar surface area (TPSA) is 68.0 Å². The first kappa shape index (κ1) is 12.6. The molecule has 2 bridgehead atoms. The summed E-state index contributed by atoms with van der Waals surface area (Å²) in [5.41, 5.74) is 8.17. The summed E-state index contributed by atoms with van der Waals surface area (Å²) in [6, 6.07) is 7.51. The maximum absolute atomic E-state index is 12.6. The molecule has 2 aliphatic rings. The minimum absolute atomic E-state index is 0.164. The summed E-state index contributed by atoms with van der Waals surface area (Å²) in [6.45, 7) is 0. The normalized spacial score (nSPS) is 27.1. The number of rotatable bonds is 2. The number of nitrogens with two attached hydrogens (primary N) is 1. The molecule has 2 aromatic rings. The number of hydrogen-bond acceptors (Lipinski definition) is 3. The standard InChI is InChI=1S/C17H19N3O/c18-14-5-6-15(12-2-1-7-19-16(12)14)20-17(21)13-9-10-3-4-11(13)8-10/h1-2,5-7,10-11,13H,3-4,8-9,18H2,(H,20,21). The fourth-order valence-electron chi connectivity index (χ4n) is 4.09. The van der Waals surface area contributed by atoms with Crippen molar-refractivity contribution < 1.29 is 4.79 Å². The van der Waals surface area contributed by atoms with Crippen molar-refractivity contribution in [3.8, 4) is 0 Å². The van der Waals surface area contributed by atoms with Crippen molar-refractivity contribution in [3.63, 3.8) is 0 Å². The van der Waals surface area contributed by atoms with Crippen LogP contribution < -0.4 is 11.1 Å². The average Bonchev–Trinajstić information content (AvgIpc) is 3.13. The van der Waals surface area contributed by atoms with E-state index < -0.39 is 0 Å². The van der Waals surface area contributed by atoms with Gasteiger partial charge in [0, 0.05) is 17.5 Å². The van der Waals surface area contributed by atoms with Gasteiger partial charge in [-0.2, -0.15) is 0 Å². The predicted molar refractivity (Wildman–Crippen MR) is 83.7 cm³/mol. The smallest absolute Gasteiger partial charge is 0.227 e. The van der Waals surface area contributed by atoms with Gasteiger partial charge in [-0.05, 0) is 55.4 Å². The molecular weight excluding hydrogens is 262 g/mol. The lowest BCUT2D eigenvalue weighted by molar-refractivity contribution is -0.121. The van der Waals surface area contributed by atoms with Crippen molar-refractivity contribution in [1.29, 1.82) is 0 Å². The number of amides is 1. The molecular formula is C17H19N3O. The lowest BCUT2D eigenvalue weighted by Gasteiger charge is -2.21. The van der Waals surface area contributed by atoms with Gasteiger partial charge < -0.3 is 11.1 Å². The number of benzene rings is 1. The summed E-state index contributed by atoms with van der Waals surface area (Å²) in [5.74, 6) is 1.72. The molecule has 3 N–H and O–H groups in total. The summed E-state index contributed by atoms with van der Waals surface area (Å²) in [6.07, 6.45) is 6.54. The number of nitrogen functional groups attached to an aromatic ring is 1. The number of carbonyl (C=O) groups is 1. The molecule has 0 spiro atoms. The summed E-state index contributed by atoms with van der Waals surface area (Å²) >= 11 is 0. The Morgan fingerprint density at radius 1 is 1.24 bits per heavy atom. The Labute approximate surface area is 123 Å². The summed E-state index contributed by atoms with van der Waals surface area (Å²) < 4.78 is 0. The third-order valence-corrected chi connectivity index (χ3v) is 5.13. The van der Waals surface area contributed by atoms with Crippen molar-refractivity contribution in [2.45, 2.75) is 25.7 Å². The first-order valence-corrected chi connectivity index (χ1v) is 7.66. The Morgan fingerprint density at radius 2 is 2.14 bits per heavy atom. The molecule has 1 amide bonds. The molecule has 3 unspecified atom stereocenters. The van der Waals surface area contributed by atoms with Crippen LogP contribution in [-0.4, -0.2) is 10.9 Å². The second-order valence-electron chi connectivity index (χ2n) is 6.37. The highest BCUT2D eigenvalue weighted by atomic mass is 16.1. The molecule has 1 aromatic carbocycles. The van der Waals surface area contributed by atoms with Gasteiger partial charge in [0.05, 0.1) is 16.9 Å². The highest BCUT2D eigenvalue weighted by Gasteiger charge is 2.43. The van der Waals surface area contributed by atoms with Gasteiger partial charge in [-0.25, -0.2) is 0 Å². The van der Waals surface area contributed by atoms with Crippen LogP contribution in [0.3, 0.4) is 0 Å². The van der Waals surface area contributed by atoms with E-state index in [4.69, 9.17) is 5.73 Å². The molecule has 3 atom stereocenters. The van der Waals surface area contributed by atoms with E-state index in [1.807, 2.05) is 24.3 Å². The molecule has 2 fully saturated rings. The molecule has 2 aliphatic carbocycles. The molecule has 21 heavy (non-hydrogen) atoms. The van der Waals surface area contributed by atoms with Gasteiger partial charge in [-0.1, -0.05) is 6.42 Å². The van der Waals surface area contributed by atoms with Crippen LogP contribution in [0.25, 0.3) is 10.9 Å². The van der Waals surface area contributed by atoms with Gasteiger partial charge >= 0.3 is 0 Å². The van der Waals surface area contributed by atoms with Gasteiger partial charge in [0.2, 0.25) is 5.91 Å². The monoisotopic (exact) mass is 281 g/mol. The van der Waals surface area contributed by atoms with E-state index in [2.05, 4.69) is 10.3 Å². The second kappa shape index (κ2) is 4.72. The van der Waals surface area contributed by atoms with E-state index in [9.17, 15) is 4.79 Å². The quantitative estimate of drug-likeness (QED) is 0.831. The van der Waals surface area contributed by atoms with Crippen LogP contribution in [0.2, 0.25) is 0 Å². The number of carbonyl (C=O) groups excluding carboxylic acids is 1. The van der Waals surface area contributed by atoms with E-state index in [1.165, 1.54) is 19.3 Å². The van der Waals surface area contributed by atoms with Gasteiger partial charge in [0.15, 0.2) is 0 Å². The van der Waals surface area contributed by atoms with Crippen LogP contribution in [0.15, 0.2) is 30.5 Å². The first-order valence-electron chi connectivity index (χ1n) is 7.66. The van der Waals surface area contributed by atoms with Crippen LogP contribution in [-0.2, 0) is 4.79 Å². The predicted octanol–water partition coefficient (Wildman–Crippen LogP) is 3.19. The fraction of sp³-hybridized carbons (Fsp3) is 0.412. The number of nitrogens with zero attached hydrogens (tertiary/aromatic N) is 1. The largest absolute Gasteiger partial charge is 0.397 e. The van der Waals surface area contributed by atoms with E-state index >= 15 is 0 Å². The Bertz CT molecular complexity index is 712. The van der Waals surface area contributed by atoms with Crippen LogP contribution in [0, 0.1) is 17.8 Å². The molecule has 1 aromatic heterocycles. The molecule has 4 rings (SSSR count). The van der Waals surface area contributed by atoms with Crippen molar-refractivity contribution >= 4 is 28.2 Å². The number of pyridine rings is 1. The number of hydrogen-bond donors (Lipinski definition) is 2. The minimum atomic E-state index is 0.164. The van der Waals surface area contributed by atoms with Gasteiger partial charge in [-0.3, -0.25) is 9.78 Å². The Morgan fingerprint density at radius 3 is 2.90 bits per heavy atom. The van der Waals surface area contributed by atoms with Crippen LogP contribution in [0.5, 0.6) is 0 Å². The molecule has 2 saturated carbocycles. The zero-order valence-corrected chi connectivity index (χ0v) is 11.9. The number of anilines is 2. The number of fused-ring (bicyclic) bond motifs is 3. The van der Waals surface area contributed by atoms with Gasteiger partial charge in [0.25, 0.3) is 0 Å². The second-order valence-corrected chi connectivity index (χ2v) is 6.37. The Hall–Kier alpha value is -2.10. The van der Waals surface area contributed by atoms with E-state index in [1.54, 1.807) is 6.20 Å². The van der Waals surface area contributed by atoms with Crippen molar-refractivity contribution in [2.75, 3.05) is 11.1 Å². The average molecular weight is 281 g/mol. The number of nitrogens with one attached hydrogen (secondary N) is 1. The van der Waals surface area contributed by atoms with Crippen LogP contribution >= 0.6 is 0 Å². The van der Waals surface area contributed by atoms with Crippen molar-refractivity contribution in [1.82, 2.24) is 4.98 Å². The fourth-order valence-corrected chi connectivity index (χ4v) is 4.09. The zero-order valence-electron chi connectivity index (χ0n) is 11.9. The molecule has 4 nitrogen and oxygen atoms in total. The summed E-state index contributed by atoms with van der Waals surface area (Å²) in [4.78, 5) is 16.9.